The fourth-order valence-corrected chi connectivity index (χ4v) is 2.47. The zero-order valence-corrected chi connectivity index (χ0v) is 11.7. The van der Waals surface area contributed by atoms with Crippen molar-refractivity contribution in [3.63, 3.8) is 0 Å². The molecule has 21 heavy (non-hydrogen) atoms. The van der Waals surface area contributed by atoms with Gasteiger partial charge in [-0.1, -0.05) is 6.07 Å². The summed E-state index contributed by atoms with van der Waals surface area (Å²) in [7, 11) is 0. The molecule has 1 aliphatic carbocycles. The predicted octanol–water partition coefficient (Wildman–Crippen LogP) is 3.09. The monoisotopic (exact) mass is 285 g/mol. The molecule has 1 aliphatic rings. The van der Waals surface area contributed by atoms with Crippen LogP contribution in [0.25, 0.3) is 0 Å². The minimum atomic E-state index is -0.335. The largest absolute Gasteiger partial charge is 0.438 e. The van der Waals surface area contributed by atoms with Gasteiger partial charge in [0.15, 0.2) is 0 Å². The van der Waals surface area contributed by atoms with Gasteiger partial charge in [0.05, 0.1) is 5.56 Å². The maximum atomic E-state index is 13.6. The minimum absolute atomic E-state index is 0.0974. The van der Waals surface area contributed by atoms with E-state index in [0.717, 1.165) is 30.5 Å². The lowest BCUT2D eigenvalue weighted by atomic mass is 10.1. The Balaban J connectivity index is 2.01. The van der Waals surface area contributed by atoms with E-state index in [2.05, 4.69) is 4.98 Å². The number of halogens is 1. The van der Waals surface area contributed by atoms with E-state index in [1.807, 2.05) is 6.07 Å². The Labute approximate surface area is 122 Å². The number of nitrogen functional groups attached to an aromatic ring is 1. The van der Waals surface area contributed by atoms with Crippen molar-refractivity contribution in [2.45, 2.75) is 26.2 Å². The average molecular weight is 285 g/mol. The molecule has 0 aliphatic heterocycles. The molecule has 0 spiro atoms. The fourth-order valence-electron chi connectivity index (χ4n) is 2.47. The van der Waals surface area contributed by atoms with E-state index in [-0.39, 0.29) is 17.5 Å². The molecule has 0 bridgehead atoms. The molecular weight excluding hydrogens is 269 g/mol. The Hall–Kier alpha value is -2.43. The lowest BCUT2D eigenvalue weighted by Gasteiger charge is -2.12. The quantitative estimate of drug-likeness (QED) is 0.672. The van der Waals surface area contributed by atoms with Crippen molar-refractivity contribution in [3.05, 3.63) is 52.5 Å². The first-order chi connectivity index (χ1) is 10.0. The molecule has 0 unspecified atom stereocenters. The van der Waals surface area contributed by atoms with Crippen LogP contribution in [0.1, 0.15) is 28.8 Å². The Morgan fingerprint density at radius 1 is 1.33 bits per heavy atom. The van der Waals surface area contributed by atoms with Crippen molar-refractivity contribution < 1.29 is 9.13 Å². The molecule has 1 aromatic carbocycles. The van der Waals surface area contributed by atoms with Crippen LogP contribution < -0.4 is 10.5 Å². The van der Waals surface area contributed by atoms with Crippen LogP contribution >= 0.6 is 0 Å². The summed E-state index contributed by atoms with van der Waals surface area (Å²) in [5.41, 5.74) is 8.70. The highest BCUT2D eigenvalue weighted by atomic mass is 19.1. The SMILES string of the molecule is Cc1ccc(Oc2nc3c(cc2C(=N)N)CCC3)cc1F. The van der Waals surface area contributed by atoms with Crippen molar-refractivity contribution in [1.29, 1.82) is 5.41 Å². The first-order valence-corrected chi connectivity index (χ1v) is 6.86. The number of ether oxygens (including phenoxy) is 1. The summed E-state index contributed by atoms with van der Waals surface area (Å²) in [5.74, 6) is 0.190. The number of benzene rings is 1. The van der Waals surface area contributed by atoms with Gasteiger partial charge in [-0.3, -0.25) is 5.41 Å². The van der Waals surface area contributed by atoms with Gasteiger partial charge in [-0.2, -0.15) is 0 Å². The van der Waals surface area contributed by atoms with E-state index in [0.29, 0.717) is 16.9 Å². The minimum Gasteiger partial charge on any atom is -0.438 e. The second kappa shape index (κ2) is 5.16. The summed E-state index contributed by atoms with van der Waals surface area (Å²) < 4.78 is 19.3. The number of aromatic nitrogens is 1. The van der Waals surface area contributed by atoms with Gasteiger partial charge in [-0.25, -0.2) is 9.37 Å². The zero-order valence-electron chi connectivity index (χ0n) is 11.7. The summed E-state index contributed by atoms with van der Waals surface area (Å²) in [6.07, 6.45) is 2.89. The Morgan fingerprint density at radius 3 is 2.86 bits per heavy atom. The lowest BCUT2D eigenvalue weighted by molar-refractivity contribution is 0.454. The fraction of sp³-hybridized carbons (Fsp3) is 0.250. The Morgan fingerprint density at radius 2 is 2.14 bits per heavy atom. The van der Waals surface area contributed by atoms with Gasteiger partial charge in [-0.15, -0.1) is 0 Å². The first-order valence-electron chi connectivity index (χ1n) is 6.86. The molecule has 0 fully saturated rings. The maximum Gasteiger partial charge on any atom is 0.230 e. The van der Waals surface area contributed by atoms with Crippen LogP contribution in [0.3, 0.4) is 0 Å². The third kappa shape index (κ3) is 2.59. The van der Waals surface area contributed by atoms with Crippen molar-refractivity contribution in [2.24, 2.45) is 5.73 Å². The second-order valence-corrected chi connectivity index (χ2v) is 5.23. The van der Waals surface area contributed by atoms with Crippen molar-refractivity contribution >= 4 is 5.84 Å². The van der Waals surface area contributed by atoms with Crippen LogP contribution in [0.2, 0.25) is 0 Å². The highest BCUT2D eigenvalue weighted by molar-refractivity contribution is 5.97. The number of amidine groups is 1. The number of rotatable bonds is 3. The average Bonchev–Trinajstić information content (AvgIpc) is 2.89. The number of hydrogen-bond donors (Lipinski definition) is 2. The molecule has 5 heteroatoms. The van der Waals surface area contributed by atoms with E-state index < -0.39 is 0 Å². The second-order valence-electron chi connectivity index (χ2n) is 5.23. The number of nitrogens with two attached hydrogens (primary N) is 1. The molecule has 1 heterocycles. The number of pyridine rings is 1. The van der Waals surface area contributed by atoms with Crippen LogP contribution in [0.4, 0.5) is 4.39 Å². The molecule has 0 saturated heterocycles. The van der Waals surface area contributed by atoms with Gasteiger partial charge in [-0.05, 0) is 49.4 Å². The molecule has 0 atom stereocenters. The van der Waals surface area contributed by atoms with E-state index in [9.17, 15) is 4.39 Å². The van der Waals surface area contributed by atoms with Crippen molar-refractivity contribution in [2.75, 3.05) is 0 Å². The summed E-state index contributed by atoms with van der Waals surface area (Å²) in [5, 5.41) is 7.66. The van der Waals surface area contributed by atoms with Gasteiger partial charge >= 0.3 is 0 Å². The lowest BCUT2D eigenvalue weighted by Crippen LogP contribution is -2.14. The van der Waals surface area contributed by atoms with E-state index in [1.54, 1.807) is 19.1 Å². The van der Waals surface area contributed by atoms with Crippen LogP contribution in [-0.2, 0) is 12.8 Å². The van der Waals surface area contributed by atoms with Crippen LogP contribution in [0, 0.1) is 18.2 Å². The van der Waals surface area contributed by atoms with E-state index in [4.69, 9.17) is 15.9 Å². The third-order valence-electron chi connectivity index (χ3n) is 3.66. The predicted molar refractivity (Wildman–Crippen MR) is 78.5 cm³/mol. The summed E-state index contributed by atoms with van der Waals surface area (Å²) in [4.78, 5) is 4.46. The van der Waals surface area contributed by atoms with Crippen molar-refractivity contribution in [1.82, 2.24) is 4.98 Å². The smallest absolute Gasteiger partial charge is 0.230 e. The molecule has 0 radical (unpaired) electrons. The number of nitrogens with zero attached hydrogens (tertiary/aromatic N) is 1. The van der Waals surface area contributed by atoms with Gasteiger partial charge in [0.25, 0.3) is 0 Å². The summed E-state index contributed by atoms with van der Waals surface area (Å²) in [6, 6.07) is 6.49. The van der Waals surface area contributed by atoms with Crippen LogP contribution in [0.5, 0.6) is 11.6 Å². The van der Waals surface area contributed by atoms with E-state index in [1.165, 1.54) is 6.07 Å². The van der Waals surface area contributed by atoms with Crippen LogP contribution in [0.15, 0.2) is 24.3 Å². The molecular formula is C16H16FN3O. The first kappa shape index (κ1) is 13.5. The molecule has 3 rings (SSSR count). The number of nitrogens with one attached hydrogen (secondary N) is 1. The highest BCUT2D eigenvalue weighted by Gasteiger charge is 2.19. The molecule has 3 N–H and O–H groups in total. The summed E-state index contributed by atoms with van der Waals surface area (Å²) in [6.45, 7) is 1.69. The van der Waals surface area contributed by atoms with Crippen LogP contribution in [-0.4, -0.2) is 10.8 Å². The zero-order chi connectivity index (χ0) is 15.0. The standard InChI is InChI=1S/C16H16FN3O/c1-9-5-6-11(8-13(9)17)21-16-12(15(18)19)7-10-3-2-4-14(10)20-16/h5-8H,2-4H2,1H3,(H3,18,19). The molecule has 4 nitrogen and oxygen atoms in total. The number of fused-ring (bicyclic) bond motifs is 1. The molecule has 1 aromatic heterocycles. The van der Waals surface area contributed by atoms with Gasteiger partial charge in [0, 0.05) is 11.8 Å². The maximum absolute atomic E-state index is 13.6. The number of aryl methyl sites for hydroxylation is 3. The third-order valence-corrected chi connectivity index (χ3v) is 3.66. The number of hydrogen-bond acceptors (Lipinski definition) is 3. The molecule has 0 amide bonds. The van der Waals surface area contributed by atoms with Gasteiger partial charge < -0.3 is 10.5 Å². The van der Waals surface area contributed by atoms with Gasteiger partial charge in [0.2, 0.25) is 5.88 Å². The van der Waals surface area contributed by atoms with Gasteiger partial charge in [0.1, 0.15) is 17.4 Å². The molecule has 0 saturated carbocycles. The van der Waals surface area contributed by atoms with Crippen molar-refractivity contribution in [3.8, 4) is 11.6 Å². The normalized spacial score (nSPS) is 13.0. The highest BCUT2D eigenvalue weighted by Crippen LogP contribution is 2.30. The Kier molecular flexibility index (Phi) is 3.33. The molecule has 2 aromatic rings. The topological polar surface area (TPSA) is 72.0 Å². The Bertz CT molecular complexity index is 728. The summed E-state index contributed by atoms with van der Waals surface area (Å²) >= 11 is 0. The van der Waals surface area contributed by atoms with E-state index >= 15 is 0 Å². The molecule has 108 valence electrons.